The third-order valence-electron chi connectivity index (χ3n) is 4.97. The van der Waals surface area contributed by atoms with Gasteiger partial charge in [-0.25, -0.2) is 9.59 Å². The minimum atomic E-state index is -0.889. The van der Waals surface area contributed by atoms with E-state index in [0.29, 0.717) is 6.54 Å². The fourth-order valence-corrected chi connectivity index (χ4v) is 3.52. The molecule has 2 fully saturated rings. The summed E-state index contributed by atoms with van der Waals surface area (Å²) in [5, 5.41) is 12.3. The third-order valence-corrected chi connectivity index (χ3v) is 4.97. The van der Waals surface area contributed by atoms with E-state index in [4.69, 9.17) is 0 Å². The molecule has 0 bridgehead atoms. The normalized spacial score (nSPS) is 34.0. The molecule has 0 aromatic rings. The van der Waals surface area contributed by atoms with Crippen LogP contribution in [0.1, 0.15) is 52.4 Å². The van der Waals surface area contributed by atoms with Gasteiger partial charge in [-0.1, -0.05) is 20.3 Å². The molecule has 5 heteroatoms. The van der Waals surface area contributed by atoms with Gasteiger partial charge in [0, 0.05) is 12.6 Å². The summed E-state index contributed by atoms with van der Waals surface area (Å²) >= 11 is 0. The Balaban J connectivity index is 1.87. The summed E-state index contributed by atoms with van der Waals surface area (Å²) in [6.45, 7) is 4.67. The molecule has 2 amide bonds. The Labute approximate surface area is 120 Å². The molecule has 1 aliphatic heterocycles. The van der Waals surface area contributed by atoms with Crippen molar-refractivity contribution in [1.29, 1.82) is 0 Å². The van der Waals surface area contributed by atoms with E-state index in [0.717, 1.165) is 25.2 Å². The fourth-order valence-electron chi connectivity index (χ4n) is 3.52. The summed E-state index contributed by atoms with van der Waals surface area (Å²) < 4.78 is 0. The van der Waals surface area contributed by atoms with E-state index in [2.05, 4.69) is 12.2 Å². The highest BCUT2D eigenvalue weighted by Crippen LogP contribution is 2.28. The lowest BCUT2D eigenvalue weighted by Crippen LogP contribution is -2.50. The van der Waals surface area contributed by atoms with Gasteiger partial charge in [0.1, 0.15) is 6.04 Å². The highest BCUT2D eigenvalue weighted by molar-refractivity contribution is 5.83. The lowest BCUT2D eigenvalue weighted by Gasteiger charge is -2.31. The molecule has 5 nitrogen and oxygen atoms in total. The van der Waals surface area contributed by atoms with Crippen LogP contribution in [0.4, 0.5) is 4.79 Å². The summed E-state index contributed by atoms with van der Waals surface area (Å²) in [5.74, 6) is -0.0596. The van der Waals surface area contributed by atoms with Gasteiger partial charge in [-0.2, -0.15) is 0 Å². The number of urea groups is 1. The lowest BCUT2D eigenvalue weighted by molar-refractivity contribution is -0.142. The van der Waals surface area contributed by atoms with Crippen LogP contribution in [0.5, 0.6) is 0 Å². The molecular weight excluding hydrogens is 256 g/mol. The van der Waals surface area contributed by atoms with E-state index >= 15 is 0 Å². The van der Waals surface area contributed by atoms with Gasteiger partial charge in [-0.3, -0.25) is 0 Å². The van der Waals surface area contributed by atoms with Gasteiger partial charge in [0.15, 0.2) is 0 Å². The molecule has 0 spiro atoms. The molecule has 1 saturated heterocycles. The molecule has 1 aliphatic carbocycles. The number of hydrogen-bond acceptors (Lipinski definition) is 2. The largest absolute Gasteiger partial charge is 0.480 e. The number of aliphatic carboxylic acids is 1. The summed E-state index contributed by atoms with van der Waals surface area (Å²) in [6, 6.07) is -0.640. The Bertz CT molecular complexity index is 364. The van der Waals surface area contributed by atoms with Crippen LogP contribution in [0.15, 0.2) is 0 Å². The van der Waals surface area contributed by atoms with Gasteiger partial charge >= 0.3 is 12.0 Å². The first-order valence-electron chi connectivity index (χ1n) is 7.82. The van der Waals surface area contributed by atoms with E-state index < -0.39 is 12.0 Å². The quantitative estimate of drug-likeness (QED) is 0.835. The van der Waals surface area contributed by atoms with Crippen LogP contribution < -0.4 is 5.32 Å². The van der Waals surface area contributed by atoms with Crippen molar-refractivity contribution in [2.24, 2.45) is 11.8 Å². The number of carbonyl (C=O) groups excluding carboxylic acids is 1. The Morgan fingerprint density at radius 3 is 2.40 bits per heavy atom. The molecule has 2 atom stereocenters. The van der Waals surface area contributed by atoms with Crippen molar-refractivity contribution in [1.82, 2.24) is 10.2 Å². The average Bonchev–Trinajstić information content (AvgIpc) is 2.81. The standard InChI is InChI=1S/C15H26N2O3/c1-3-11-4-6-12(7-5-11)16-15(20)17-9-8-10(2)13(17)14(18)19/h10-13H,3-9H2,1-2H3,(H,16,20)(H,18,19). The Hall–Kier alpha value is -1.26. The zero-order valence-electron chi connectivity index (χ0n) is 12.5. The third kappa shape index (κ3) is 3.25. The summed E-state index contributed by atoms with van der Waals surface area (Å²) in [7, 11) is 0. The predicted octanol–water partition coefficient (Wildman–Crippen LogP) is 2.46. The van der Waals surface area contributed by atoms with E-state index in [1.165, 1.54) is 24.2 Å². The van der Waals surface area contributed by atoms with Crippen molar-refractivity contribution < 1.29 is 14.7 Å². The smallest absolute Gasteiger partial charge is 0.326 e. The molecule has 2 N–H and O–H groups in total. The second-order valence-corrected chi connectivity index (χ2v) is 6.32. The Morgan fingerprint density at radius 1 is 1.20 bits per heavy atom. The Kier molecular flexibility index (Phi) is 4.89. The first-order valence-corrected chi connectivity index (χ1v) is 7.82. The summed E-state index contributed by atoms with van der Waals surface area (Å²) in [6.07, 6.45) is 6.36. The van der Waals surface area contributed by atoms with Gasteiger partial charge in [0.2, 0.25) is 0 Å². The minimum Gasteiger partial charge on any atom is -0.480 e. The van der Waals surface area contributed by atoms with Crippen LogP contribution >= 0.6 is 0 Å². The number of nitrogens with one attached hydrogen (secondary N) is 1. The van der Waals surface area contributed by atoms with Crippen molar-refractivity contribution in [3.8, 4) is 0 Å². The molecular formula is C15H26N2O3. The van der Waals surface area contributed by atoms with E-state index in [9.17, 15) is 14.7 Å². The first kappa shape index (κ1) is 15.1. The summed E-state index contributed by atoms with van der Waals surface area (Å²) in [4.78, 5) is 25.1. The molecule has 0 aromatic carbocycles. The van der Waals surface area contributed by atoms with Crippen LogP contribution in [0.3, 0.4) is 0 Å². The maximum absolute atomic E-state index is 12.3. The fraction of sp³-hybridized carbons (Fsp3) is 0.867. The minimum absolute atomic E-state index is 0.0362. The highest BCUT2D eigenvalue weighted by atomic mass is 16.4. The van der Waals surface area contributed by atoms with Crippen molar-refractivity contribution in [2.45, 2.75) is 64.5 Å². The van der Waals surface area contributed by atoms with Crippen LogP contribution in [-0.2, 0) is 4.79 Å². The lowest BCUT2D eigenvalue weighted by atomic mass is 9.84. The summed E-state index contributed by atoms with van der Waals surface area (Å²) in [5.41, 5.74) is 0. The second-order valence-electron chi connectivity index (χ2n) is 6.32. The molecule has 20 heavy (non-hydrogen) atoms. The van der Waals surface area contributed by atoms with Gasteiger partial charge in [0.05, 0.1) is 0 Å². The molecule has 114 valence electrons. The van der Waals surface area contributed by atoms with Crippen molar-refractivity contribution in [3.05, 3.63) is 0 Å². The number of hydrogen-bond donors (Lipinski definition) is 2. The van der Waals surface area contributed by atoms with Crippen molar-refractivity contribution in [2.75, 3.05) is 6.54 Å². The number of amides is 2. The molecule has 0 radical (unpaired) electrons. The van der Waals surface area contributed by atoms with E-state index in [1.54, 1.807) is 0 Å². The van der Waals surface area contributed by atoms with Gasteiger partial charge in [-0.15, -0.1) is 0 Å². The van der Waals surface area contributed by atoms with Gasteiger partial charge in [-0.05, 0) is 43.9 Å². The monoisotopic (exact) mass is 282 g/mol. The number of likely N-dealkylation sites (tertiary alicyclic amines) is 1. The Morgan fingerprint density at radius 2 is 1.85 bits per heavy atom. The average molecular weight is 282 g/mol. The van der Waals surface area contributed by atoms with Crippen LogP contribution in [0, 0.1) is 11.8 Å². The predicted molar refractivity (Wildman–Crippen MR) is 76.5 cm³/mol. The number of rotatable bonds is 3. The molecule has 2 aliphatic rings. The van der Waals surface area contributed by atoms with Crippen molar-refractivity contribution >= 4 is 12.0 Å². The molecule has 1 saturated carbocycles. The molecule has 1 heterocycles. The van der Waals surface area contributed by atoms with Crippen molar-refractivity contribution in [3.63, 3.8) is 0 Å². The second kappa shape index (κ2) is 6.46. The number of nitrogens with zero attached hydrogens (tertiary/aromatic N) is 1. The number of carbonyl (C=O) groups is 2. The van der Waals surface area contributed by atoms with Gasteiger partial charge < -0.3 is 15.3 Å². The van der Waals surface area contributed by atoms with Crippen LogP contribution in [0.2, 0.25) is 0 Å². The number of carboxylic acids is 1. The van der Waals surface area contributed by atoms with Crippen LogP contribution in [-0.4, -0.2) is 40.6 Å². The van der Waals surface area contributed by atoms with E-state index in [1.807, 2.05) is 6.92 Å². The SMILES string of the molecule is CCC1CCC(NC(=O)N2CCC(C)C2C(=O)O)CC1. The molecule has 2 unspecified atom stereocenters. The van der Waals surface area contributed by atoms with E-state index in [-0.39, 0.29) is 18.0 Å². The molecule has 2 rings (SSSR count). The zero-order chi connectivity index (χ0) is 14.7. The first-order chi connectivity index (χ1) is 9.52. The highest BCUT2D eigenvalue weighted by Gasteiger charge is 2.40. The maximum atomic E-state index is 12.3. The number of carboxylic acid groups (broad SMARTS) is 1. The maximum Gasteiger partial charge on any atom is 0.326 e. The van der Waals surface area contributed by atoms with Gasteiger partial charge in [0.25, 0.3) is 0 Å². The molecule has 0 aromatic heterocycles. The zero-order valence-corrected chi connectivity index (χ0v) is 12.5. The topological polar surface area (TPSA) is 69.6 Å². The van der Waals surface area contributed by atoms with Crippen LogP contribution in [0.25, 0.3) is 0 Å².